The minimum absolute atomic E-state index is 0.282. The second-order valence-corrected chi connectivity index (χ2v) is 5.55. The van der Waals surface area contributed by atoms with Gasteiger partial charge in [0.2, 0.25) is 0 Å². The van der Waals surface area contributed by atoms with E-state index < -0.39 is 5.60 Å². The molecule has 0 fully saturated rings. The Balaban J connectivity index is 2.51. The largest absolute Gasteiger partial charge is 0.381 e. The highest BCUT2D eigenvalue weighted by Gasteiger charge is 2.28. The molecule has 0 bridgehead atoms. The monoisotopic (exact) mass is 250 g/mol. The van der Waals surface area contributed by atoms with Crippen molar-refractivity contribution >= 4 is 11.3 Å². The molecule has 0 aliphatic carbocycles. The van der Waals surface area contributed by atoms with Crippen LogP contribution in [0.5, 0.6) is 0 Å². The van der Waals surface area contributed by atoms with Gasteiger partial charge in [0, 0.05) is 10.4 Å². The summed E-state index contributed by atoms with van der Waals surface area (Å²) >= 11 is 1.58. The summed E-state index contributed by atoms with van der Waals surface area (Å²) in [4.78, 5) is 1.05. The number of thiophene rings is 1. The van der Waals surface area contributed by atoms with Gasteiger partial charge in [0.15, 0.2) is 0 Å². The summed E-state index contributed by atoms with van der Waals surface area (Å²) in [5, 5.41) is 12.5. The SMILES string of the molecule is Cc1ccc(C(C)(O)c2ccsc2C)cc1F. The topological polar surface area (TPSA) is 20.2 Å². The molecule has 1 aromatic carbocycles. The number of halogens is 1. The fourth-order valence-electron chi connectivity index (χ4n) is 1.94. The fourth-order valence-corrected chi connectivity index (χ4v) is 2.74. The van der Waals surface area contributed by atoms with Crippen LogP contribution in [-0.4, -0.2) is 5.11 Å². The molecular formula is C14H15FOS. The van der Waals surface area contributed by atoms with Crippen molar-refractivity contribution < 1.29 is 9.50 Å². The maximum atomic E-state index is 13.5. The highest BCUT2D eigenvalue weighted by molar-refractivity contribution is 7.10. The summed E-state index contributed by atoms with van der Waals surface area (Å²) in [7, 11) is 0. The predicted molar refractivity (Wildman–Crippen MR) is 68.9 cm³/mol. The first-order valence-electron chi connectivity index (χ1n) is 5.46. The van der Waals surface area contributed by atoms with Crippen LogP contribution in [0, 0.1) is 19.7 Å². The zero-order valence-electron chi connectivity index (χ0n) is 10.1. The summed E-state index contributed by atoms with van der Waals surface area (Å²) in [6, 6.07) is 6.76. The first kappa shape index (κ1) is 12.3. The molecule has 1 unspecified atom stereocenters. The van der Waals surface area contributed by atoms with Gasteiger partial charge in [-0.05, 0) is 49.4 Å². The maximum absolute atomic E-state index is 13.5. The molecule has 0 saturated carbocycles. The van der Waals surface area contributed by atoms with Crippen molar-refractivity contribution in [1.82, 2.24) is 0 Å². The van der Waals surface area contributed by atoms with E-state index in [-0.39, 0.29) is 5.82 Å². The van der Waals surface area contributed by atoms with E-state index >= 15 is 0 Å². The van der Waals surface area contributed by atoms with Crippen molar-refractivity contribution in [2.45, 2.75) is 26.4 Å². The van der Waals surface area contributed by atoms with E-state index in [0.717, 1.165) is 10.4 Å². The van der Waals surface area contributed by atoms with E-state index in [9.17, 15) is 9.50 Å². The van der Waals surface area contributed by atoms with Gasteiger partial charge in [-0.1, -0.05) is 12.1 Å². The van der Waals surface area contributed by atoms with Crippen LogP contribution in [0.25, 0.3) is 0 Å². The highest BCUT2D eigenvalue weighted by atomic mass is 32.1. The van der Waals surface area contributed by atoms with Crippen LogP contribution in [0.3, 0.4) is 0 Å². The molecule has 0 aliphatic heterocycles. The van der Waals surface area contributed by atoms with Gasteiger partial charge >= 0.3 is 0 Å². The van der Waals surface area contributed by atoms with Crippen molar-refractivity contribution in [2.75, 3.05) is 0 Å². The van der Waals surface area contributed by atoms with Gasteiger partial charge in [-0.2, -0.15) is 0 Å². The molecule has 3 heteroatoms. The van der Waals surface area contributed by atoms with E-state index in [0.29, 0.717) is 11.1 Å². The van der Waals surface area contributed by atoms with Crippen LogP contribution in [-0.2, 0) is 5.60 Å². The maximum Gasteiger partial charge on any atom is 0.126 e. The second-order valence-electron chi connectivity index (χ2n) is 4.43. The Morgan fingerprint density at radius 2 is 1.94 bits per heavy atom. The second kappa shape index (κ2) is 4.24. The highest BCUT2D eigenvalue weighted by Crippen LogP contribution is 2.34. The summed E-state index contributed by atoms with van der Waals surface area (Å²) in [6.07, 6.45) is 0. The molecular weight excluding hydrogens is 235 g/mol. The van der Waals surface area contributed by atoms with E-state index in [4.69, 9.17) is 0 Å². The fraction of sp³-hybridized carbons (Fsp3) is 0.286. The lowest BCUT2D eigenvalue weighted by atomic mass is 9.88. The first-order valence-corrected chi connectivity index (χ1v) is 6.34. The van der Waals surface area contributed by atoms with E-state index in [2.05, 4.69) is 0 Å². The van der Waals surface area contributed by atoms with Gasteiger partial charge in [-0.15, -0.1) is 11.3 Å². The van der Waals surface area contributed by atoms with Crippen LogP contribution < -0.4 is 0 Å². The molecule has 0 saturated heterocycles. The van der Waals surface area contributed by atoms with E-state index in [1.807, 2.05) is 18.4 Å². The van der Waals surface area contributed by atoms with Gasteiger partial charge in [-0.25, -0.2) is 4.39 Å². The van der Waals surface area contributed by atoms with Crippen molar-refractivity contribution in [3.8, 4) is 0 Å². The minimum Gasteiger partial charge on any atom is -0.381 e. The van der Waals surface area contributed by atoms with Crippen LogP contribution in [0.2, 0.25) is 0 Å². The summed E-state index contributed by atoms with van der Waals surface area (Å²) in [5.41, 5.74) is 0.873. The van der Waals surface area contributed by atoms with E-state index in [1.54, 1.807) is 37.3 Å². The Hall–Kier alpha value is -1.19. The molecule has 1 heterocycles. The van der Waals surface area contributed by atoms with Gasteiger partial charge in [-0.3, -0.25) is 0 Å². The van der Waals surface area contributed by atoms with Crippen LogP contribution in [0.1, 0.15) is 28.5 Å². The third-order valence-electron chi connectivity index (χ3n) is 3.12. The van der Waals surface area contributed by atoms with Crippen LogP contribution in [0.4, 0.5) is 4.39 Å². The van der Waals surface area contributed by atoms with Crippen LogP contribution >= 0.6 is 11.3 Å². The molecule has 17 heavy (non-hydrogen) atoms. The van der Waals surface area contributed by atoms with Crippen molar-refractivity contribution in [2.24, 2.45) is 0 Å². The van der Waals surface area contributed by atoms with Crippen LogP contribution in [0.15, 0.2) is 29.6 Å². The molecule has 90 valence electrons. The number of benzene rings is 1. The lowest BCUT2D eigenvalue weighted by Gasteiger charge is -2.24. The van der Waals surface area contributed by atoms with Gasteiger partial charge in [0.1, 0.15) is 11.4 Å². The molecule has 0 amide bonds. The smallest absolute Gasteiger partial charge is 0.126 e. The molecule has 1 N–H and O–H groups in total. The molecule has 0 aliphatic rings. The van der Waals surface area contributed by atoms with Crippen molar-refractivity contribution in [1.29, 1.82) is 0 Å². The number of rotatable bonds is 2. The predicted octanol–water partition coefficient (Wildman–Crippen LogP) is 3.76. The first-order chi connectivity index (χ1) is 7.93. The average molecular weight is 250 g/mol. The summed E-state index contributed by atoms with van der Waals surface area (Å²) in [6.45, 7) is 5.37. The molecule has 1 atom stereocenters. The van der Waals surface area contributed by atoms with Gasteiger partial charge in [0.05, 0.1) is 0 Å². The Labute approximate surface area is 105 Å². The zero-order chi connectivity index (χ0) is 12.6. The molecule has 2 aromatic rings. The number of hydrogen-bond acceptors (Lipinski definition) is 2. The Kier molecular flexibility index (Phi) is 3.06. The third-order valence-corrected chi connectivity index (χ3v) is 3.96. The molecule has 0 radical (unpaired) electrons. The molecule has 0 spiro atoms. The third kappa shape index (κ3) is 2.13. The van der Waals surface area contributed by atoms with Gasteiger partial charge < -0.3 is 5.11 Å². The quantitative estimate of drug-likeness (QED) is 0.860. The van der Waals surface area contributed by atoms with Crippen molar-refractivity contribution in [3.05, 3.63) is 57.0 Å². The lowest BCUT2D eigenvalue weighted by Crippen LogP contribution is -2.23. The molecule has 2 rings (SSSR count). The minimum atomic E-state index is -1.14. The number of aryl methyl sites for hydroxylation is 2. The lowest BCUT2D eigenvalue weighted by molar-refractivity contribution is 0.102. The number of aliphatic hydroxyl groups is 1. The average Bonchev–Trinajstić information content (AvgIpc) is 2.69. The Morgan fingerprint density at radius 1 is 1.24 bits per heavy atom. The molecule has 1 aromatic heterocycles. The summed E-state index contributed by atoms with van der Waals surface area (Å²) in [5.74, 6) is -0.282. The standard InChI is InChI=1S/C14H15FOS/c1-9-4-5-11(8-13(9)15)14(3,16)12-6-7-17-10(12)2/h4-8,16H,1-3H3. The summed E-state index contributed by atoms with van der Waals surface area (Å²) < 4.78 is 13.5. The van der Waals surface area contributed by atoms with Gasteiger partial charge in [0.25, 0.3) is 0 Å². The number of hydrogen-bond donors (Lipinski definition) is 1. The Morgan fingerprint density at radius 3 is 2.47 bits per heavy atom. The van der Waals surface area contributed by atoms with Crippen molar-refractivity contribution in [3.63, 3.8) is 0 Å². The van der Waals surface area contributed by atoms with E-state index in [1.165, 1.54) is 6.07 Å². The Bertz CT molecular complexity index is 543. The zero-order valence-corrected chi connectivity index (χ0v) is 10.9. The normalized spacial score (nSPS) is 14.6. The molecule has 1 nitrogen and oxygen atoms in total.